The van der Waals surface area contributed by atoms with Crippen molar-refractivity contribution in [1.29, 1.82) is 0 Å². The Labute approximate surface area is 157 Å². The van der Waals surface area contributed by atoms with Crippen molar-refractivity contribution in [1.82, 2.24) is 4.98 Å². The Hall–Kier alpha value is -2.85. The van der Waals surface area contributed by atoms with Crippen LogP contribution in [0.5, 0.6) is 11.5 Å². The van der Waals surface area contributed by atoms with Crippen LogP contribution in [0.2, 0.25) is 5.15 Å². The van der Waals surface area contributed by atoms with Crippen LogP contribution in [0.1, 0.15) is 22.8 Å². The Morgan fingerprint density at radius 3 is 2.54 bits per heavy atom. The number of carbonyl (C=O) groups excluding carboxylic acids is 1. The topological polar surface area (TPSA) is 48.4 Å². The summed E-state index contributed by atoms with van der Waals surface area (Å²) in [4.78, 5) is 16.7. The Morgan fingerprint density at radius 2 is 1.85 bits per heavy atom. The molecule has 3 aromatic rings. The highest BCUT2D eigenvalue weighted by Crippen LogP contribution is 2.25. The van der Waals surface area contributed by atoms with E-state index < -0.39 is 0 Å². The fourth-order valence-corrected chi connectivity index (χ4v) is 2.75. The van der Waals surface area contributed by atoms with Gasteiger partial charge in [0.05, 0.1) is 19.2 Å². The second-order valence-corrected chi connectivity index (χ2v) is 5.94. The maximum atomic E-state index is 12.3. The standard InChI is InChI=1S/C21H18ClNO3/c1-3-26-18-9-10-19-16(13-18)12-15(21(22)23-19)6-11-20(24)14-4-7-17(25-2)8-5-14/h4-13H,3H2,1-2H3. The number of rotatable bonds is 6. The van der Waals surface area contributed by atoms with Gasteiger partial charge in [0.2, 0.25) is 0 Å². The SMILES string of the molecule is CCOc1ccc2nc(Cl)c(C=CC(=O)c3ccc(OC)cc3)cc2c1. The average Bonchev–Trinajstić information content (AvgIpc) is 2.66. The fourth-order valence-electron chi connectivity index (χ4n) is 2.54. The zero-order valence-corrected chi connectivity index (χ0v) is 15.3. The number of halogens is 1. The molecule has 4 nitrogen and oxygen atoms in total. The van der Waals surface area contributed by atoms with E-state index in [-0.39, 0.29) is 5.78 Å². The molecule has 0 bridgehead atoms. The summed E-state index contributed by atoms with van der Waals surface area (Å²) >= 11 is 6.25. The molecule has 0 N–H and O–H groups in total. The van der Waals surface area contributed by atoms with Gasteiger partial charge in [-0.05, 0) is 67.6 Å². The summed E-state index contributed by atoms with van der Waals surface area (Å²) in [6.45, 7) is 2.53. The van der Waals surface area contributed by atoms with E-state index in [1.165, 1.54) is 6.08 Å². The molecule has 1 aromatic heterocycles. The highest BCUT2D eigenvalue weighted by molar-refractivity contribution is 6.31. The van der Waals surface area contributed by atoms with Gasteiger partial charge in [-0.1, -0.05) is 11.6 Å². The number of allylic oxidation sites excluding steroid dienone is 1. The molecule has 132 valence electrons. The van der Waals surface area contributed by atoms with Crippen LogP contribution >= 0.6 is 11.6 Å². The monoisotopic (exact) mass is 367 g/mol. The molecule has 0 fully saturated rings. The summed E-state index contributed by atoms with van der Waals surface area (Å²) in [5.74, 6) is 1.36. The normalized spacial score (nSPS) is 11.0. The van der Waals surface area contributed by atoms with Gasteiger partial charge >= 0.3 is 0 Å². The van der Waals surface area contributed by atoms with Gasteiger partial charge in [0.15, 0.2) is 5.78 Å². The van der Waals surface area contributed by atoms with Crippen LogP contribution in [0.15, 0.2) is 54.6 Å². The summed E-state index contributed by atoms with van der Waals surface area (Å²) in [6.07, 6.45) is 3.16. The predicted octanol–water partition coefficient (Wildman–Crippen LogP) is 5.19. The van der Waals surface area contributed by atoms with Gasteiger partial charge in [-0.15, -0.1) is 0 Å². The van der Waals surface area contributed by atoms with E-state index in [2.05, 4.69) is 4.98 Å². The van der Waals surface area contributed by atoms with Gasteiger partial charge < -0.3 is 9.47 Å². The fraction of sp³-hybridized carbons (Fsp3) is 0.143. The quantitative estimate of drug-likeness (QED) is 0.341. The van der Waals surface area contributed by atoms with Crippen molar-refractivity contribution < 1.29 is 14.3 Å². The van der Waals surface area contributed by atoms with Crippen LogP contribution in [0, 0.1) is 0 Å². The molecule has 0 spiro atoms. The van der Waals surface area contributed by atoms with Crippen LogP contribution in [0.3, 0.4) is 0 Å². The van der Waals surface area contributed by atoms with Gasteiger partial charge in [-0.25, -0.2) is 4.98 Å². The molecule has 0 saturated carbocycles. The highest BCUT2D eigenvalue weighted by Gasteiger charge is 2.06. The minimum atomic E-state index is -0.119. The lowest BCUT2D eigenvalue weighted by atomic mass is 10.1. The number of aromatic nitrogens is 1. The van der Waals surface area contributed by atoms with E-state index in [4.69, 9.17) is 21.1 Å². The van der Waals surface area contributed by atoms with Crippen molar-refractivity contribution >= 4 is 34.4 Å². The van der Waals surface area contributed by atoms with E-state index in [9.17, 15) is 4.79 Å². The van der Waals surface area contributed by atoms with Gasteiger partial charge in [0.1, 0.15) is 16.7 Å². The molecule has 5 heteroatoms. The minimum absolute atomic E-state index is 0.119. The van der Waals surface area contributed by atoms with Gasteiger partial charge in [0.25, 0.3) is 0 Å². The number of ether oxygens (including phenoxy) is 2. The lowest BCUT2D eigenvalue weighted by Gasteiger charge is -2.06. The Balaban J connectivity index is 1.87. The molecule has 1 heterocycles. The van der Waals surface area contributed by atoms with Crippen LogP contribution in [-0.2, 0) is 0 Å². The number of benzene rings is 2. The molecule has 0 aliphatic heterocycles. The predicted molar refractivity (Wildman–Crippen MR) is 104 cm³/mol. The first kappa shape index (κ1) is 18.0. The van der Waals surface area contributed by atoms with E-state index >= 15 is 0 Å². The highest BCUT2D eigenvalue weighted by atomic mass is 35.5. The number of ketones is 1. The zero-order valence-electron chi connectivity index (χ0n) is 14.5. The van der Waals surface area contributed by atoms with Gasteiger partial charge in [-0.2, -0.15) is 0 Å². The molecule has 0 aliphatic carbocycles. The van der Waals surface area contributed by atoms with Crippen molar-refractivity contribution in [3.05, 3.63) is 70.9 Å². The first-order valence-corrected chi connectivity index (χ1v) is 8.58. The van der Waals surface area contributed by atoms with Crippen molar-refractivity contribution in [3.8, 4) is 11.5 Å². The van der Waals surface area contributed by atoms with Crippen LogP contribution in [-0.4, -0.2) is 24.5 Å². The third-order valence-corrected chi connectivity index (χ3v) is 4.17. The first-order chi connectivity index (χ1) is 12.6. The minimum Gasteiger partial charge on any atom is -0.497 e. The number of carbonyl (C=O) groups is 1. The summed E-state index contributed by atoms with van der Waals surface area (Å²) in [5, 5.41) is 1.25. The maximum absolute atomic E-state index is 12.3. The molecule has 0 unspecified atom stereocenters. The molecule has 3 rings (SSSR count). The Kier molecular flexibility index (Phi) is 5.54. The molecule has 26 heavy (non-hydrogen) atoms. The number of pyridine rings is 1. The van der Waals surface area contributed by atoms with E-state index in [0.717, 1.165) is 16.7 Å². The Bertz CT molecular complexity index is 965. The number of nitrogens with zero attached hydrogens (tertiary/aromatic N) is 1. The lowest BCUT2D eigenvalue weighted by molar-refractivity contribution is 0.104. The van der Waals surface area contributed by atoms with Crippen molar-refractivity contribution in [3.63, 3.8) is 0 Å². The third kappa shape index (κ3) is 4.03. The molecule has 0 amide bonds. The summed E-state index contributed by atoms with van der Waals surface area (Å²) < 4.78 is 10.6. The zero-order chi connectivity index (χ0) is 18.5. The number of hydrogen-bond acceptors (Lipinski definition) is 4. The second-order valence-electron chi connectivity index (χ2n) is 5.58. The van der Waals surface area contributed by atoms with Crippen LogP contribution < -0.4 is 9.47 Å². The number of methoxy groups -OCH3 is 1. The number of fused-ring (bicyclic) bond motifs is 1. The summed E-state index contributed by atoms with van der Waals surface area (Å²) in [6, 6.07) is 14.5. The average molecular weight is 368 g/mol. The van der Waals surface area contributed by atoms with E-state index in [1.807, 2.05) is 31.2 Å². The Morgan fingerprint density at radius 1 is 1.12 bits per heavy atom. The van der Waals surface area contributed by atoms with Crippen molar-refractivity contribution in [2.75, 3.05) is 13.7 Å². The maximum Gasteiger partial charge on any atom is 0.185 e. The van der Waals surface area contributed by atoms with Crippen molar-refractivity contribution in [2.45, 2.75) is 6.92 Å². The molecule has 0 aliphatic rings. The van der Waals surface area contributed by atoms with Crippen LogP contribution in [0.4, 0.5) is 0 Å². The third-order valence-electron chi connectivity index (χ3n) is 3.87. The molecule has 0 saturated heterocycles. The largest absolute Gasteiger partial charge is 0.497 e. The van der Waals surface area contributed by atoms with Gasteiger partial charge in [0, 0.05) is 16.5 Å². The molecule has 0 radical (unpaired) electrons. The summed E-state index contributed by atoms with van der Waals surface area (Å²) in [5.41, 5.74) is 2.03. The lowest BCUT2D eigenvalue weighted by Crippen LogP contribution is -1.95. The second kappa shape index (κ2) is 8.02. The smallest absolute Gasteiger partial charge is 0.185 e. The van der Waals surface area contributed by atoms with Gasteiger partial charge in [-0.3, -0.25) is 4.79 Å². The first-order valence-electron chi connectivity index (χ1n) is 8.20. The van der Waals surface area contributed by atoms with Crippen LogP contribution in [0.25, 0.3) is 17.0 Å². The van der Waals surface area contributed by atoms with E-state index in [1.54, 1.807) is 37.5 Å². The van der Waals surface area contributed by atoms with E-state index in [0.29, 0.717) is 28.6 Å². The van der Waals surface area contributed by atoms with Crippen molar-refractivity contribution in [2.24, 2.45) is 0 Å². The molecule has 0 atom stereocenters. The summed E-state index contributed by atoms with van der Waals surface area (Å²) in [7, 11) is 1.59. The molecular weight excluding hydrogens is 350 g/mol. The molecular formula is C21H18ClNO3. The number of hydrogen-bond donors (Lipinski definition) is 0. The molecule has 2 aromatic carbocycles.